The summed E-state index contributed by atoms with van der Waals surface area (Å²) in [5.74, 6) is 0.555. The van der Waals surface area contributed by atoms with Crippen LogP contribution in [0.2, 0.25) is 0 Å². The van der Waals surface area contributed by atoms with Crippen molar-refractivity contribution in [2.45, 2.75) is 45.4 Å². The van der Waals surface area contributed by atoms with Crippen molar-refractivity contribution in [3.05, 3.63) is 59.9 Å². The molecule has 1 saturated heterocycles. The molecule has 0 spiro atoms. The molecule has 0 bridgehead atoms. The standard InChI is InChI=1S/C23H27FN4O2/c1-16(2)30-23(29)27-13-11-19(12-14-27)25-22-26-20-5-3-4-6-21(20)28(22)15-17-7-9-18(24)10-8-17/h3-10,16,19H,11-15H2,1-2H3,(H,25,26). The lowest BCUT2D eigenvalue weighted by molar-refractivity contribution is 0.0701. The number of rotatable bonds is 5. The molecule has 7 heteroatoms. The van der Waals surface area contributed by atoms with E-state index in [-0.39, 0.29) is 24.1 Å². The molecule has 0 radical (unpaired) electrons. The number of amides is 1. The van der Waals surface area contributed by atoms with Crippen molar-refractivity contribution >= 4 is 23.1 Å². The number of hydrogen-bond acceptors (Lipinski definition) is 4. The molecular formula is C23H27FN4O2. The van der Waals surface area contributed by atoms with Gasteiger partial charge in [0.2, 0.25) is 5.95 Å². The largest absolute Gasteiger partial charge is 0.447 e. The van der Waals surface area contributed by atoms with Crippen LogP contribution in [0, 0.1) is 5.82 Å². The molecule has 1 N–H and O–H groups in total. The fourth-order valence-corrected chi connectivity index (χ4v) is 3.78. The van der Waals surface area contributed by atoms with Crippen LogP contribution in [0.25, 0.3) is 11.0 Å². The minimum atomic E-state index is -0.244. The van der Waals surface area contributed by atoms with Crippen molar-refractivity contribution in [2.24, 2.45) is 0 Å². The second kappa shape index (κ2) is 8.73. The Balaban J connectivity index is 1.49. The summed E-state index contributed by atoms with van der Waals surface area (Å²) in [6.07, 6.45) is 1.30. The zero-order valence-electron chi connectivity index (χ0n) is 17.3. The highest BCUT2D eigenvalue weighted by atomic mass is 19.1. The first kappa shape index (κ1) is 20.2. The Labute approximate surface area is 175 Å². The number of carbonyl (C=O) groups excluding carboxylic acids is 1. The summed E-state index contributed by atoms with van der Waals surface area (Å²) < 4.78 is 20.7. The summed E-state index contributed by atoms with van der Waals surface area (Å²) in [4.78, 5) is 18.7. The van der Waals surface area contributed by atoms with Crippen molar-refractivity contribution in [1.82, 2.24) is 14.5 Å². The number of para-hydroxylation sites is 2. The van der Waals surface area contributed by atoms with Crippen LogP contribution in [-0.2, 0) is 11.3 Å². The van der Waals surface area contributed by atoms with E-state index >= 15 is 0 Å². The number of piperidine rings is 1. The number of halogens is 1. The van der Waals surface area contributed by atoms with E-state index in [1.807, 2.05) is 38.1 Å². The Morgan fingerprint density at radius 3 is 2.57 bits per heavy atom. The molecule has 2 aromatic carbocycles. The molecule has 1 fully saturated rings. The molecule has 0 unspecified atom stereocenters. The summed E-state index contributed by atoms with van der Waals surface area (Å²) >= 11 is 0. The molecular weight excluding hydrogens is 383 g/mol. The van der Waals surface area contributed by atoms with E-state index in [2.05, 4.69) is 9.88 Å². The van der Waals surface area contributed by atoms with E-state index in [1.165, 1.54) is 12.1 Å². The molecule has 1 aliphatic heterocycles. The fourth-order valence-electron chi connectivity index (χ4n) is 3.78. The Hall–Kier alpha value is -3.09. The average Bonchev–Trinajstić information content (AvgIpc) is 3.07. The number of aromatic nitrogens is 2. The molecule has 1 aliphatic rings. The minimum absolute atomic E-state index is 0.111. The second-order valence-electron chi connectivity index (χ2n) is 7.97. The quantitative estimate of drug-likeness (QED) is 0.665. The molecule has 0 aliphatic carbocycles. The van der Waals surface area contributed by atoms with E-state index in [0.717, 1.165) is 35.4 Å². The third kappa shape index (κ3) is 4.56. The SMILES string of the molecule is CC(C)OC(=O)N1CCC(Nc2nc3ccccc3n2Cc2ccc(F)cc2)CC1. The van der Waals surface area contributed by atoms with Crippen LogP contribution in [0.5, 0.6) is 0 Å². The predicted molar refractivity (Wildman–Crippen MR) is 115 cm³/mol. The van der Waals surface area contributed by atoms with Gasteiger partial charge in [-0.3, -0.25) is 0 Å². The summed E-state index contributed by atoms with van der Waals surface area (Å²) in [5, 5.41) is 3.57. The number of benzene rings is 2. The summed E-state index contributed by atoms with van der Waals surface area (Å²) in [5.41, 5.74) is 2.95. The number of nitrogens with one attached hydrogen (secondary N) is 1. The van der Waals surface area contributed by atoms with Crippen molar-refractivity contribution in [1.29, 1.82) is 0 Å². The van der Waals surface area contributed by atoms with Crippen LogP contribution in [-0.4, -0.2) is 45.8 Å². The smallest absolute Gasteiger partial charge is 0.410 e. The second-order valence-corrected chi connectivity index (χ2v) is 7.97. The molecule has 6 nitrogen and oxygen atoms in total. The Kier molecular flexibility index (Phi) is 5.88. The van der Waals surface area contributed by atoms with Crippen LogP contribution in [0.4, 0.5) is 15.1 Å². The van der Waals surface area contributed by atoms with Gasteiger partial charge in [-0.15, -0.1) is 0 Å². The number of anilines is 1. The van der Waals surface area contributed by atoms with Crippen LogP contribution >= 0.6 is 0 Å². The van der Waals surface area contributed by atoms with Crippen molar-refractivity contribution in [3.8, 4) is 0 Å². The minimum Gasteiger partial charge on any atom is -0.447 e. The normalized spacial score (nSPS) is 15.0. The molecule has 3 aromatic rings. The molecule has 4 rings (SSSR count). The third-order valence-corrected chi connectivity index (χ3v) is 5.33. The summed E-state index contributed by atoms with van der Waals surface area (Å²) in [6.45, 7) is 5.63. The van der Waals surface area contributed by atoms with Gasteiger partial charge in [0.1, 0.15) is 5.82 Å². The first-order valence-corrected chi connectivity index (χ1v) is 10.4. The highest BCUT2D eigenvalue weighted by Gasteiger charge is 2.25. The van der Waals surface area contributed by atoms with Gasteiger partial charge in [0.25, 0.3) is 0 Å². The lowest BCUT2D eigenvalue weighted by Crippen LogP contribution is -2.43. The maximum Gasteiger partial charge on any atom is 0.410 e. The van der Waals surface area contributed by atoms with Gasteiger partial charge >= 0.3 is 6.09 Å². The van der Waals surface area contributed by atoms with E-state index in [4.69, 9.17) is 9.72 Å². The third-order valence-electron chi connectivity index (χ3n) is 5.33. The lowest BCUT2D eigenvalue weighted by Gasteiger charge is -2.32. The van der Waals surface area contributed by atoms with Crippen molar-refractivity contribution < 1.29 is 13.9 Å². The fraction of sp³-hybridized carbons (Fsp3) is 0.391. The molecule has 1 aromatic heterocycles. The van der Waals surface area contributed by atoms with Gasteiger partial charge in [0.15, 0.2) is 0 Å². The average molecular weight is 410 g/mol. The highest BCUT2D eigenvalue weighted by molar-refractivity contribution is 5.78. The maximum absolute atomic E-state index is 13.3. The number of ether oxygens (including phenoxy) is 1. The van der Waals surface area contributed by atoms with Gasteiger partial charge in [0.05, 0.1) is 23.7 Å². The number of nitrogens with zero attached hydrogens (tertiary/aromatic N) is 3. The number of hydrogen-bond donors (Lipinski definition) is 1. The van der Waals surface area contributed by atoms with Gasteiger partial charge in [-0.2, -0.15) is 0 Å². The molecule has 2 heterocycles. The lowest BCUT2D eigenvalue weighted by atomic mass is 10.1. The molecule has 1 amide bonds. The number of carbonyl (C=O) groups is 1. The topological polar surface area (TPSA) is 59.4 Å². The van der Waals surface area contributed by atoms with Gasteiger partial charge < -0.3 is 19.5 Å². The van der Waals surface area contributed by atoms with E-state index < -0.39 is 0 Å². The summed E-state index contributed by atoms with van der Waals surface area (Å²) in [6, 6.07) is 14.8. The van der Waals surface area contributed by atoms with Crippen molar-refractivity contribution in [3.63, 3.8) is 0 Å². The van der Waals surface area contributed by atoms with Gasteiger partial charge in [0, 0.05) is 19.1 Å². The monoisotopic (exact) mass is 410 g/mol. The van der Waals surface area contributed by atoms with Crippen LogP contribution in [0.15, 0.2) is 48.5 Å². The van der Waals surface area contributed by atoms with E-state index in [1.54, 1.807) is 17.0 Å². The molecule has 0 saturated carbocycles. The van der Waals surface area contributed by atoms with Gasteiger partial charge in [-0.1, -0.05) is 24.3 Å². The molecule has 158 valence electrons. The number of likely N-dealkylation sites (tertiary alicyclic amines) is 1. The van der Waals surface area contributed by atoms with Gasteiger partial charge in [-0.25, -0.2) is 14.2 Å². The van der Waals surface area contributed by atoms with Crippen LogP contribution < -0.4 is 5.32 Å². The predicted octanol–water partition coefficient (Wildman–Crippen LogP) is 4.65. The van der Waals surface area contributed by atoms with Crippen LogP contribution in [0.3, 0.4) is 0 Å². The first-order valence-electron chi connectivity index (χ1n) is 10.4. The molecule has 0 atom stereocenters. The first-order chi connectivity index (χ1) is 14.5. The van der Waals surface area contributed by atoms with Crippen LogP contribution in [0.1, 0.15) is 32.3 Å². The Morgan fingerprint density at radius 1 is 1.17 bits per heavy atom. The zero-order chi connectivity index (χ0) is 21.1. The zero-order valence-corrected chi connectivity index (χ0v) is 17.3. The molecule has 30 heavy (non-hydrogen) atoms. The van der Waals surface area contributed by atoms with Crippen molar-refractivity contribution in [2.75, 3.05) is 18.4 Å². The highest BCUT2D eigenvalue weighted by Crippen LogP contribution is 2.24. The Bertz CT molecular complexity index is 1010. The Morgan fingerprint density at radius 2 is 1.87 bits per heavy atom. The maximum atomic E-state index is 13.3. The summed E-state index contributed by atoms with van der Waals surface area (Å²) in [7, 11) is 0. The number of imidazole rings is 1. The number of fused-ring (bicyclic) bond motifs is 1. The van der Waals surface area contributed by atoms with Gasteiger partial charge in [-0.05, 0) is 56.5 Å². The van der Waals surface area contributed by atoms with E-state index in [0.29, 0.717) is 19.6 Å². The van der Waals surface area contributed by atoms with E-state index in [9.17, 15) is 9.18 Å².